The lowest BCUT2D eigenvalue weighted by molar-refractivity contribution is -0.235. The number of rotatable bonds is 10. The highest BCUT2D eigenvalue weighted by atomic mass is 35.5. The highest BCUT2D eigenvalue weighted by Crippen LogP contribution is 2.77. The van der Waals surface area contributed by atoms with Gasteiger partial charge in [0.1, 0.15) is 6.10 Å². The number of Topliss-reactive ketones (excluding diaryl/α,β-unsaturated/α-hetero) is 1. The van der Waals surface area contributed by atoms with Crippen LogP contribution >= 0.6 is 11.6 Å². The average Bonchev–Trinajstić information content (AvgIpc) is 3.36. The van der Waals surface area contributed by atoms with Crippen molar-refractivity contribution in [1.82, 2.24) is 5.32 Å². The molecule has 4 fully saturated rings. The minimum absolute atomic E-state index is 0.0198. The molecule has 1 aromatic carbocycles. The molecular formula is C44H64ClNO6. The van der Waals surface area contributed by atoms with Gasteiger partial charge in [0.25, 0.3) is 0 Å². The number of benzene rings is 1. The first-order valence-electron chi connectivity index (χ1n) is 20.0. The van der Waals surface area contributed by atoms with Crippen molar-refractivity contribution in [1.29, 1.82) is 0 Å². The second-order valence-electron chi connectivity index (χ2n) is 19.8. The summed E-state index contributed by atoms with van der Waals surface area (Å²) in [7, 11) is 0. The monoisotopic (exact) mass is 737 g/mol. The van der Waals surface area contributed by atoms with Gasteiger partial charge in [-0.3, -0.25) is 14.4 Å². The first-order valence-corrected chi connectivity index (χ1v) is 20.4. The van der Waals surface area contributed by atoms with Gasteiger partial charge in [0.2, 0.25) is 0 Å². The molecule has 5 aliphatic rings. The number of aliphatic hydroxyl groups is 1. The first kappa shape index (κ1) is 39.5. The summed E-state index contributed by atoms with van der Waals surface area (Å²) in [5, 5.41) is 26.0. The summed E-state index contributed by atoms with van der Waals surface area (Å²) in [4.78, 5) is 38.9. The predicted molar refractivity (Wildman–Crippen MR) is 205 cm³/mol. The number of esters is 1. The number of nitrogens with one attached hydrogen (secondary N) is 1. The fourth-order valence-electron chi connectivity index (χ4n) is 13.1. The highest BCUT2D eigenvalue weighted by molar-refractivity contribution is 6.31. The molecule has 0 amide bonds. The summed E-state index contributed by atoms with van der Waals surface area (Å²) in [5.41, 5.74) is 1.39. The van der Waals surface area contributed by atoms with Crippen molar-refractivity contribution < 1.29 is 29.3 Å². The van der Waals surface area contributed by atoms with Crippen LogP contribution in [0.4, 0.5) is 0 Å². The molecule has 0 aliphatic heterocycles. The number of ether oxygens (including phenoxy) is 1. The molecule has 0 spiro atoms. The molecule has 288 valence electrons. The SMILES string of the molecule is CC(C)C1=C2C3CCC4C5(C)CCC(OC(=O)CC(C)(C)C(=O)O)C(C)(C)C5CCC4(C)C3(C)CCC2(C(O)CNCc2ccccc2Cl)CC1=O. The van der Waals surface area contributed by atoms with Gasteiger partial charge < -0.3 is 20.3 Å². The normalized spacial score (nSPS) is 37.5. The number of carboxylic acids is 1. The molecular weight excluding hydrogens is 674 g/mol. The topological polar surface area (TPSA) is 113 Å². The third-order valence-electron chi connectivity index (χ3n) is 16.1. The van der Waals surface area contributed by atoms with Gasteiger partial charge in [-0.25, -0.2) is 0 Å². The van der Waals surface area contributed by atoms with Crippen molar-refractivity contribution in [3.05, 3.63) is 46.0 Å². The molecule has 7 nitrogen and oxygen atoms in total. The average molecular weight is 738 g/mol. The Balaban J connectivity index is 1.26. The number of hydrogen-bond donors (Lipinski definition) is 3. The molecule has 0 heterocycles. The summed E-state index contributed by atoms with van der Waals surface area (Å²) < 4.78 is 6.16. The standard InChI is InChI=1S/C44H64ClNO6/c1-26(2)36-30(47)22-44(33(48)25-46-24-27-12-10-11-13-29(27)45)21-20-42(8)28(37(36)44)14-15-32-41(7)18-17-34(52-35(49)23-39(3,4)38(50)51)40(5,6)31(41)16-19-43(32,42)9/h10-13,26,28,31-34,46,48H,14-25H2,1-9H3,(H,50,51). The Morgan fingerprint density at radius 2 is 1.65 bits per heavy atom. The van der Waals surface area contributed by atoms with Crippen molar-refractivity contribution in [2.24, 2.45) is 56.2 Å². The van der Waals surface area contributed by atoms with Crippen molar-refractivity contribution in [2.45, 2.75) is 145 Å². The van der Waals surface area contributed by atoms with E-state index in [9.17, 15) is 24.6 Å². The number of hydrogen-bond acceptors (Lipinski definition) is 6. The molecule has 9 unspecified atom stereocenters. The van der Waals surface area contributed by atoms with Gasteiger partial charge in [-0.05, 0) is 122 Å². The minimum atomic E-state index is -1.17. The van der Waals surface area contributed by atoms with Crippen LogP contribution < -0.4 is 5.32 Å². The summed E-state index contributed by atoms with van der Waals surface area (Å²) in [5.74, 6) is 0.00892. The van der Waals surface area contributed by atoms with Crippen LogP contribution in [0.5, 0.6) is 0 Å². The van der Waals surface area contributed by atoms with Crippen LogP contribution in [0.25, 0.3) is 0 Å². The largest absolute Gasteiger partial charge is 0.481 e. The van der Waals surface area contributed by atoms with Crippen LogP contribution in [-0.4, -0.2) is 46.7 Å². The van der Waals surface area contributed by atoms with E-state index < -0.39 is 28.9 Å². The van der Waals surface area contributed by atoms with Crippen LogP contribution in [0.15, 0.2) is 35.4 Å². The van der Waals surface area contributed by atoms with Crippen LogP contribution in [0.1, 0.15) is 132 Å². The number of allylic oxidation sites excluding steroid dienone is 1. The van der Waals surface area contributed by atoms with Gasteiger partial charge in [0, 0.05) is 35.4 Å². The molecule has 5 aliphatic carbocycles. The van der Waals surface area contributed by atoms with E-state index in [1.807, 2.05) is 24.3 Å². The van der Waals surface area contributed by atoms with Crippen LogP contribution in [0.2, 0.25) is 5.02 Å². The van der Waals surface area contributed by atoms with Crippen LogP contribution in [0, 0.1) is 56.2 Å². The Morgan fingerprint density at radius 1 is 0.962 bits per heavy atom. The predicted octanol–water partition coefficient (Wildman–Crippen LogP) is 9.18. The van der Waals surface area contributed by atoms with E-state index in [2.05, 4.69) is 53.8 Å². The maximum absolute atomic E-state index is 14.0. The van der Waals surface area contributed by atoms with Crippen molar-refractivity contribution in [2.75, 3.05) is 6.54 Å². The zero-order valence-electron chi connectivity index (χ0n) is 33.2. The lowest BCUT2D eigenvalue weighted by Crippen LogP contribution is -2.66. The number of aliphatic hydroxyl groups excluding tert-OH is 1. The van der Waals surface area contributed by atoms with E-state index in [-0.39, 0.29) is 51.8 Å². The highest BCUT2D eigenvalue weighted by Gasteiger charge is 2.70. The molecule has 0 bridgehead atoms. The fraction of sp³-hybridized carbons (Fsp3) is 0.750. The van der Waals surface area contributed by atoms with E-state index in [0.717, 1.165) is 62.5 Å². The van der Waals surface area contributed by atoms with Crippen molar-refractivity contribution in [3.8, 4) is 0 Å². The second kappa shape index (κ2) is 13.5. The Bertz CT molecular complexity index is 1630. The molecule has 0 radical (unpaired) electrons. The molecule has 4 saturated carbocycles. The van der Waals surface area contributed by atoms with Crippen molar-refractivity contribution in [3.63, 3.8) is 0 Å². The minimum Gasteiger partial charge on any atom is -0.481 e. The Kier molecular flexibility index (Phi) is 10.3. The maximum atomic E-state index is 14.0. The van der Waals surface area contributed by atoms with Gasteiger partial charge >= 0.3 is 11.9 Å². The Labute approximate surface area is 317 Å². The zero-order chi connectivity index (χ0) is 38.2. The lowest BCUT2D eigenvalue weighted by atomic mass is 9.33. The van der Waals surface area contributed by atoms with Crippen LogP contribution in [0.3, 0.4) is 0 Å². The fourth-order valence-corrected chi connectivity index (χ4v) is 13.3. The number of carbonyl (C=O) groups is 3. The Hall–Kier alpha value is -2.22. The summed E-state index contributed by atoms with van der Waals surface area (Å²) in [6.07, 6.45) is 7.11. The molecule has 0 aromatic heterocycles. The van der Waals surface area contributed by atoms with E-state index in [0.29, 0.717) is 36.4 Å². The quantitative estimate of drug-likeness (QED) is 0.205. The zero-order valence-corrected chi connectivity index (χ0v) is 33.9. The molecule has 52 heavy (non-hydrogen) atoms. The smallest absolute Gasteiger partial charge is 0.309 e. The van der Waals surface area contributed by atoms with Gasteiger partial charge in [-0.2, -0.15) is 0 Å². The summed E-state index contributed by atoms with van der Waals surface area (Å²) in [6.45, 7) is 20.6. The van der Waals surface area contributed by atoms with Gasteiger partial charge in [0.15, 0.2) is 5.78 Å². The summed E-state index contributed by atoms with van der Waals surface area (Å²) in [6, 6.07) is 7.79. The number of carbonyl (C=O) groups excluding carboxylic acids is 2. The van der Waals surface area contributed by atoms with E-state index in [4.69, 9.17) is 16.3 Å². The first-order chi connectivity index (χ1) is 24.2. The molecule has 8 heteroatoms. The van der Waals surface area contributed by atoms with Gasteiger partial charge in [-0.1, -0.05) is 83.8 Å². The van der Waals surface area contributed by atoms with E-state index in [1.54, 1.807) is 13.8 Å². The number of halogens is 1. The van der Waals surface area contributed by atoms with E-state index in [1.165, 1.54) is 5.57 Å². The van der Waals surface area contributed by atoms with E-state index >= 15 is 0 Å². The van der Waals surface area contributed by atoms with Gasteiger partial charge in [0.05, 0.1) is 17.9 Å². The third kappa shape index (κ3) is 6.02. The molecule has 9 atom stereocenters. The molecule has 1 aromatic rings. The number of fused-ring (bicyclic) bond motifs is 7. The van der Waals surface area contributed by atoms with Crippen molar-refractivity contribution >= 4 is 29.3 Å². The molecule has 0 saturated heterocycles. The lowest BCUT2D eigenvalue weighted by Gasteiger charge is -2.72. The molecule has 6 rings (SSSR count). The Morgan fingerprint density at radius 3 is 2.31 bits per heavy atom. The maximum Gasteiger partial charge on any atom is 0.309 e. The molecule has 3 N–H and O–H groups in total. The second-order valence-corrected chi connectivity index (χ2v) is 20.2. The van der Waals surface area contributed by atoms with Gasteiger partial charge in [-0.15, -0.1) is 0 Å². The van der Waals surface area contributed by atoms with Crippen LogP contribution in [-0.2, 0) is 25.7 Å². The number of carboxylic acid groups (broad SMARTS) is 1. The number of aliphatic carboxylic acids is 1. The number of ketones is 1. The third-order valence-corrected chi connectivity index (χ3v) is 16.5. The summed E-state index contributed by atoms with van der Waals surface area (Å²) >= 11 is 6.44.